The van der Waals surface area contributed by atoms with E-state index >= 15 is 0 Å². The highest BCUT2D eigenvalue weighted by atomic mass is 16.5. The molecule has 1 N–H and O–H groups in total. The fraction of sp³-hybridized carbons (Fsp3) is 0.250. The summed E-state index contributed by atoms with van der Waals surface area (Å²) >= 11 is 0. The van der Waals surface area contributed by atoms with Crippen molar-refractivity contribution in [2.75, 3.05) is 5.32 Å². The zero-order valence-electron chi connectivity index (χ0n) is 15.7. The fourth-order valence-corrected chi connectivity index (χ4v) is 3.71. The standard InChI is InChI=1S/C24H23NO3/c26-23(22-12-6-8-17-7-4-5-11-21(17)22)25-19-15-13-18(14-16-19)24(27)28-20-9-2-1-3-10-20/h4-8,11-16,20H,1-3,9-10H2,(H,25,26). The molecule has 0 unspecified atom stereocenters. The number of benzene rings is 3. The summed E-state index contributed by atoms with van der Waals surface area (Å²) in [7, 11) is 0. The molecule has 3 aromatic rings. The lowest BCUT2D eigenvalue weighted by Crippen LogP contribution is -2.21. The first-order chi connectivity index (χ1) is 13.7. The van der Waals surface area contributed by atoms with E-state index in [1.54, 1.807) is 24.3 Å². The van der Waals surface area contributed by atoms with E-state index in [0.29, 0.717) is 16.8 Å². The second-order valence-electron chi connectivity index (χ2n) is 7.22. The largest absolute Gasteiger partial charge is 0.459 e. The zero-order valence-corrected chi connectivity index (χ0v) is 15.7. The van der Waals surface area contributed by atoms with Gasteiger partial charge in [-0.1, -0.05) is 42.8 Å². The highest BCUT2D eigenvalue weighted by Crippen LogP contribution is 2.23. The predicted octanol–water partition coefficient (Wildman–Crippen LogP) is 5.58. The van der Waals surface area contributed by atoms with Gasteiger partial charge in [-0.05, 0) is 66.8 Å². The van der Waals surface area contributed by atoms with E-state index in [4.69, 9.17) is 4.74 Å². The minimum atomic E-state index is -0.293. The topological polar surface area (TPSA) is 55.4 Å². The normalized spacial score (nSPS) is 14.6. The van der Waals surface area contributed by atoms with Gasteiger partial charge < -0.3 is 10.1 Å². The molecule has 0 radical (unpaired) electrons. The number of amides is 1. The van der Waals surface area contributed by atoms with Crippen molar-refractivity contribution in [1.29, 1.82) is 0 Å². The maximum atomic E-state index is 12.7. The summed E-state index contributed by atoms with van der Waals surface area (Å²) in [5, 5.41) is 4.84. The molecule has 4 nitrogen and oxygen atoms in total. The lowest BCUT2D eigenvalue weighted by atomic mass is 9.98. The number of rotatable bonds is 4. The Labute approximate surface area is 164 Å². The molecule has 0 bridgehead atoms. The van der Waals surface area contributed by atoms with E-state index in [2.05, 4.69) is 5.32 Å². The van der Waals surface area contributed by atoms with Crippen LogP contribution >= 0.6 is 0 Å². The number of anilines is 1. The number of carbonyl (C=O) groups is 2. The molecule has 1 fully saturated rings. The third kappa shape index (κ3) is 4.06. The van der Waals surface area contributed by atoms with Gasteiger partial charge in [-0.2, -0.15) is 0 Å². The maximum Gasteiger partial charge on any atom is 0.338 e. The lowest BCUT2D eigenvalue weighted by molar-refractivity contribution is 0.0211. The number of carbonyl (C=O) groups excluding carboxylic acids is 2. The zero-order chi connectivity index (χ0) is 19.3. The fourth-order valence-electron chi connectivity index (χ4n) is 3.71. The van der Waals surface area contributed by atoms with E-state index in [0.717, 1.165) is 36.5 Å². The number of nitrogens with one attached hydrogen (secondary N) is 1. The van der Waals surface area contributed by atoms with E-state index in [1.165, 1.54) is 6.42 Å². The average Bonchev–Trinajstić information content (AvgIpc) is 2.74. The Kier molecular flexibility index (Phi) is 5.38. The van der Waals surface area contributed by atoms with Gasteiger partial charge in [0.05, 0.1) is 5.56 Å². The van der Waals surface area contributed by atoms with Crippen molar-refractivity contribution in [1.82, 2.24) is 0 Å². The van der Waals surface area contributed by atoms with Crippen LogP contribution in [0.4, 0.5) is 5.69 Å². The van der Waals surface area contributed by atoms with E-state index < -0.39 is 0 Å². The van der Waals surface area contributed by atoms with Crippen LogP contribution in [-0.4, -0.2) is 18.0 Å². The van der Waals surface area contributed by atoms with E-state index in [9.17, 15) is 9.59 Å². The molecule has 0 saturated heterocycles. The SMILES string of the molecule is O=C(OC1CCCCC1)c1ccc(NC(=O)c2cccc3ccccc23)cc1. The summed E-state index contributed by atoms with van der Waals surface area (Å²) in [4.78, 5) is 25.0. The van der Waals surface area contributed by atoms with Gasteiger partial charge in [-0.15, -0.1) is 0 Å². The van der Waals surface area contributed by atoms with Gasteiger partial charge in [-0.3, -0.25) is 4.79 Å². The van der Waals surface area contributed by atoms with Gasteiger partial charge in [0.15, 0.2) is 0 Å². The molecule has 1 aliphatic rings. The van der Waals surface area contributed by atoms with Gasteiger partial charge in [0.1, 0.15) is 6.10 Å². The van der Waals surface area contributed by atoms with Crippen molar-refractivity contribution in [2.24, 2.45) is 0 Å². The molecule has 0 aliphatic heterocycles. The molecule has 142 valence electrons. The third-order valence-electron chi connectivity index (χ3n) is 5.24. The number of esters is 1. The van der Waals surface area contributed by atoms with E-state index in [1.807, 2.05) is 42.5 Å². The van der Waals surface area contributed by atoms with Crippen LogP contribution in [0.15, 0.2) is 66.7 Å². The van der Waals surface area contributed by atoms with Crippen LogP contribution in [0.25, 0.3) is 10.8 Å². The first-order valence-corrected chi connectivity index (χ1v) is 9.81. The Morgan fingerprint density at radius 2 is 1.54 bits per heavy atom. The Morgan fingerprint density at radius 3 is 2.32 bits per heavy atom. The summed E-state index contributed by atoms with van der Waals surface area (Å²) in [5.74, 6) is -0.465. The molecule has 1 aliphatic carbocycles. The van der Waals surface area contributed by atoms with Crippen LogP contribution < -0.4 is 5.32 Å². The summed E-state index contributed by atoms with van der Waals surface area (Å²) in [5.41, 5.74) is 1.78. The monoisotopic (exact) mass is 373 g/mol. The van der Waals surface area contributed by atoms with Crippen LogP contribution in [0.1, 0.15) is 52.8 Å². The predicted molar refractivity (Wildman–Crippen MR) is 111 cm³/mol. The van der Waals surface area contributed by atoms with Crippen molar-refractivity contribution in [3.8, 4) is 0 Å². The lowest BCUT2D eigenvalue weighted by Gasteiger charge is -2.21. The van der Waals surface area contributed by atoms with E-state index in [-0.39, 0.29) is 18.0 Å². The molecular formula is C24H23NO3. The van der Waals surface area contributed by atoms with Crippen molar-refractivity contribution < 1.29 is 14.3 Å². The van der Waals surface area contributed by atoms with Gasteiger partial charge in [0.25, 0.3) is 5.91 Å². The van der Waals surface area contributed by atoms with Gasteiger partial charge in [0, 0.05) is 11.3 Å². The molecule has 3 aromatic carbocycles. The summed E-state index contributed by atoms with van der Waals surface area (Å²) in [6.07, 6.45) is 5.40. The minimum absolute atomic E-state index is 0.0343. The van der Waals surface area contributed by atoms with Crippen LogP contribution in [-0.2, 0) is 4.74 Å². The molecule has 28 heavy (non-hydrogen) atoms. The summed E-state index contributed by atoms with van der Waals surface area (Å²) in [6.45, 7) is 0. The van der Waals surface area contributed by atoms with Crippen LogP contribution in [0.2, 0.25) is 0 Å². The molecule has 0 aromatic heterocycles. The first kappa shape index (κ1) is 18.2. The molecule has 1 amide bonds. The number of hydrogen-bond acceptors (Lipinski definition) is 3. The van der Waals surface area contributed by atoms with Gasteiger partial charge in [-0.25, -0.2) is 4.79 Å². The summed E-state index contributed by atoms with van der Waals surface area (Å²) < 4.78 is 5.59. The van der Waals surface area contributed by atoms with Crippen molar-refractivity contribution >= 4 is 28.3 Å². The Morgan fingerprint density at radius 1 is 0.821 bits per heavy atom. The highest BCUT2D eigenvalue weighted by molar-refractivity contribution is 6.13. The number of ether oxygens (including phenoxy) is 1. The van der Waals surface area contributed by atoms with Crippen molar-refractivity contribution in [3.05, 3.63) is 77.9 Å². The van der Waals surface area contributed by atoms with Crippen molar-refractivity contribution in [3.63, 3.8) is 0 Å². The summed E-state index contributed by atoms with van der Waals surface area (Å²) in [6, 6.07) is 20.3. The van der Waals surface area contributed by atoms with Crippen LogP contribution in [0.3, 0.4) is 0 Å². The van der Waals surface area contributed by atoms with Gasteiger partial charge in [0.2, 0.25) is 0 Å². The molecule has 1 saturated carbocycles. The molecule has 4 heteroatoms. The average molecular weight is 373 g/mol. The van der Waals surface area contributed by atoms with Crippen LogP contribution in [0, 0.1) is 0 Å². The molecule has 4 rings (SSSR count). The minimum Gasteiger partial charge on any atom is -0.459 e. The first-order valence-electron chi connectivity index (χ1n) is 9.81. The Bertz CT molecular complexity index is 983. The molecule has 0 spiro atoms. The highest BCUT2D eigenvalue weighted by Gasteiger charge is 2.19. The quantitative estimate of drug-likeness (QED) is 0.607. The Hall–Kier alpha value is -3.14. The second-order valence-corrected chi connectivity index (χ2v) is 7.22. The molecule has 0 heterocycles. The van der Waals surface area contributed by atoms with Crippen molar-refractivity contribution in [2.45, 2.75) is 38.2 Å². The van der Waals surface area contributed by atoms with Gasteiger partial charge >= 0.3 is 5.97 Å². The maximum absolute atomic E-state index is 12.7. The van der Waals surface area contributed by atoms with Crippen LogP contribution in [0.5, 0.6) is 0 Å². The third-order valence-corrected chi connectivity index (χ3v) is 5.24. The smallest absolute Gasteiger partial charge is 0.338 e. The molecule has 0 atom stereocenters. The number of hydrogen-bond donors (Lipinski definition) is 1. The Balaban J connectivity index is 1.44. The number of fused-ring (bicyclic) bond motifs is 1. The molecular weight excluding hydrogens is 350 g/mol. The second kappa shape index (κ2) is 8.26.